The number of hydrogen-bond acceptors (Lipinski definition) is 6. The first-order chi connectivity index (χ1) is 37.4. The van der Waals surface area contributed by atoms with Gasteiger partial charge in [0.25, 0.3) is 0 Å². The summed E-state index contributed by atoms with van der Waals surface area (Å²) in [6.07, 6.45) is 8.61. The number of nitrogens with zero attached hydrogens (tertiary/aromatic N) is 2. The lowest BCUT2D eigenvalue weighted by molar-refractivity contribution is 0.269. The average Bonchev–Trinajstić information content (AvgIpc) is 4.35. The molecule has 76 heavy (non-hydrogen) atoms. The van der Waals surface area contributed by atoms with Gasteiger partial charge in [-0.05, 0) is 105 Å². The predicted molar refractivity (Wildman–Crippen MR) is 315 cm³/mol. The third kappa shape index (κ3) is 6.04. The SMILES string of the molecule is CC(C)c1cc(N(c2cccc3c2OC2C=CC=CC32)c2cccc3c2oc2ccccc23)c2ccc3c(C(C)C)cc(N(c4cccc5c4oc4ccccc45)c4cccc5c4oc4ccccc45)c4ccc1c2c34. The van der Waals surface area contributed by atoms with Crippen LogP contribution in [0, 0.1) is 0 Å². The molecule has 0 saturated carbocycles. The highest BCUT2D eigenvalue weighted by Crippen LogP contribution is 2.56. The molecule has 2 atom stereocenters. The van der Waals surface area contributed by atoms with Crippen molar-refractivity contribution >= 4 is 132 Å². The summed E-state index contributed by atoms with van der Waals surface area (Å²) in [6, 6.07) is 65.7. The van der Waals surface area contributed by atoms with Crippen LogP contribution in [0.15, 0.2) is 220 Å². The minimum Gasteiger partial charge on any atom is -0.483 e. The van der Waals surface area contributed by atoms with Crippen molar-refractivity contribution in [2.75, 3.05) is 9.80 Å². The van der Waals surface area contributed by atoms with Crippen LogP contribution < -0.4 is 14.5 Å². The molecular weight excluding hydrogens is 933 g/mol. The van der Waals surface area contributed by atoms with Crippen molar-refractivity contribution in [2.24, 2.45) is 0 Å². The second-order valence-electron chi connectivity index (χ2n) is 21.4. The van der Waals surface area contributed by atoms with E-state index in [4.69, 9.17) is 18.0 Å². The maximum Gasteiger partial charge on any atom is 0.159 e. The Morgan fingerprint density at radius 1 is 0.355 bits per heavy atom. The molecule has 1 aliphatic carbocycles. The van der Waals surface area contributed by atoms with Gasteiger partial charge in [-0.25, -0.2) is 0 Å². The largest absolute Gasteiger partial charge is 0.483 e. The van der Waals surface area contributed by atoms with Crippen LogP contribution in [0.4, 0.5) is 34.1 Å². The molecule has 1 aliphatic heterocycles. The van der Waals surface area contributed by atoms with E-state index >= 15 is 0 Å². The Morgan fingerprint density at radius 3 is 1.22 bits per heavy atom. The molecule has 3 aromatic heterocycles. The number of ether oxygens (including phenoxy) is 1. The molecule has 6 heteroatoms. The summed E-state index contributed by atoms with van der Waals surface area (Å²) in [4.78, 5) is 4.85. The Balaban J connectivity index is 1.04. The Kier molecular flexibility index (Phi) is 9.16. The Bertz CT molecular complexity index is 4680. The minimum absolute atomic E-state index is 0.0933. The van der Waals surface area contributed by atoms with Gasteiger partial charge in [-0.1, -0.05) is 173 Å². The van der Waals surface area contributed by atoms with Crippen molar-refractivity contribution in [2.45, 2.75) is 51.6 Å². The monoisotopic (exact) mass is 982 g/mol. The van der Waals surface area contributed by atoms with Crippen LogP contribution in [0.2, 0.25) is 0 Å². The molecular formula is C70H50N2O4. The average molecular weight is 983 g/mol. The van der Waals surface area contributed by atoms with E-state index in [-0.39, 0.29) is 23.9 Å². The number of hydrogen-bond donors (Lipinski definition) is 0. The Hall–Kier alpha value is -9.26. The molecule has 364 valence electrons. The fourth-order valence-electron chi connectivity index (χ4n) is 13.1. The number of fused-ring (bicyclic) bond motifs is 12. The molecule has 2 unspecified atom stereocenters. The van der Waals surface area contributed by atoms with Crippen LogP contribution >= 0.6 is 0 Å². The van der Waals surface area contributed by atoms with Crippen molar-refractivity contribution in [3.63, 3.8) is 0 Å². The second kappa shape index (κ2) is 16.1. The molecule has 0 radical (unpaired) electrons. The topological polar surface area (TPSA) is 55.1 Å². The van der Waals surface area contributed by atoms with Crippen molar-refractivity contribution < 1.29 is 18.0 Å². The van der Waals surface area contributed by atoms with Gasteiger partial charge in [0.05, 0.1) is 34.1 Å². The van der Waals surface area contributed by atoms with Gasteiger partial charge in [0, 0.05) is 54.6 Å². The Labute approximate surface area is 438 Å². The fraction of sp³-hybridized carbons (Fsp3) is 0.114. The summed E-state index contributed by atoms with van der Waals surface area (Å²) in [5, 5.41) is 13.6. The predicted octanol–water partition coefficient (Wildman–Crippen LogP) is 20.4. The molecule has 16 rings (SSSR count). The first-order valence-electron chi connectivity index (χ1n) is 26.6. The van der Waals surface area contributed by atoms with Gasteiger partial charge >= 0.3 is 0 Å². The highest BCUT2D eigenvalue weighted by atomic mass is 16.5. The molecule has 0 N–H and O–H groups in total. The highest BCUT2D eigenvalue weighted by Gasteiger charge is 2.37. The second-order valence-corrected chi connectivity index (χ2v) is 21.4. The maximum absolute atomic E-state index is 7.08. The van der Waals surface area contributed by atoms with Crippen LogP contribution in [-0.4, -0.2) is 6.10 Å². The number of benzene rings is 11. The van der Waals surface area contributed by atoms with Crippen molar-refractivity contribution in [3.8, 4) is 5.75 Å². The number of allylic oxidation sites excluding steroid dienone is 2. The van der Waals surface area contributed by atoms with Gasteiger partial charge in [0.15, 0.2) is 16.7 Å². The van der Waals surface area contributed by atoms with Gasteiger partial charge in [-0.15, -0.1) is 0 Å². The molecule has 6 nitrogen and oxygen atoms in total. The smallest absolute Gasteiger partial charge is 0.159 e. The highest BCUT2D eigenvalue weighted by molar-refractivity contribution is 6.30. The van der Waals surface area contributed by atoms with Crippen molar-refractivity contribution in [1.82, 2.24) is 0 Å². The van der Waals surface area contributed by atoms with Gasteiger partial charge < -0.3 is 27.8 Å². The molecule has 0 spiro atoms. The fourth-order valence-corrected chi connectivity index (χ4v) is 13.1. The first kappa shape index (κ1) is 43.2. The summed E-state index contributed by atoms with van der Waals surface area (Å²) >= 11 is 0. The lowest BCUT2D eigenvalue weighted by Gasteiger charge is -2.32. The molecule has 0 amide bonds. The summed E-state index contributed by atoms with van der Waals surface area (Å²) < 4.78 is 28.0. The van der Waals surface area contributed by atoms with Crippen LogP contribution in [-0.2, 0) is 0 Å². The van der Waals surface area contributed by atoms with Crippen molar-refractivity contribution in [3.05, 3.63) is 223 Å². The first-order valence-corrected chi connectivity index (χ1v) is 26.6. The quantitative estimate of drug-likeness (QED) is 0.141. The number of rotatable bonds is 8. The van der Waals surface area contributed by atoms with Crippen molar-refractivity contribution in [1.29, 1.82) is 0 Å². The third-order valence-electron chi connectivity index (χ3n) is 16.5. The standard InChI is InChI=1S/C70H50N2O4/c1-39(2)53-37-59(71(55-25-13-21-47-41-17-5-9-29-61(41)73-67(47)55)56-26-14-22-48-42-18-6-10-30-62(42)74-68(48)56)51-36-34-46-54(40(3)4)38-60(52-35-33-45(53)65(51)66(46)52)72(57-27-15-23-49-43-19-7-11-31-63(43)75-69(49)57)58-28-16-24-50-44-20-8-12-32-64(44)76-70(50)58/h5-41,61H,1-4H3. The van der Waals surface area contributed by atoms with Gasteiger partial charge in [0.2, 0.25) is 0 Å². The maximum atomic E-state index is 7.08. The Morgan fingerprint density at radius 2 is 0.750 bits per heavy atom. The number of para-hydroxylation sites is 7. The zero-order chi connectivity index (χ0) is 50.5. The zero-order valence-corrected chi connectivity index (χ0v) is 42.5. The van der Waals surface area contributed by atoms with E-state index < -0.39 is 0 Å². The van der Waals surface area contributed by atoms with Crippen LogP contribution in [0.1, 0.15) is 62.1 Å². The lowest BCUT2D eigenvalue weighted by atomic mass is 9.84. The lowest BCUT2D eigenvalue weighted by Crippen LogP contribution is -2.16. The van der Waals surface area contributed by atoms with Gasteiger partial charge in [-0.2, -0.15) is 0 Å². The minimum atomic E-state index is -0.0933. The van der Waals surface area contributed by atoms with E-state index in [2.05, 4.69) is 226 Å². The number of anilines is 6. The van der Waals surface area contributed by atoms with E-state index in [1.165, 1.54) is 38.2 Å². The molecule has 11 aromatic carbocycles. The summed E-state index contributed by atoms with van der Waals surface area (Å²) in [7, 11) is 0. The summed E-state index contributed by atoms with van der Waals surface area (Å²) in [5.41, 5.74) is 14.6. The molecule has 0 bridgehead atoms. The van der Waals surface area contributed by atoms with E-state index in [1.807, 2.05) is 18.2 Å². The van der Waals surface area contributed by atoms with Crippen LogP contribution in [0.25, 0.3) is 98.1 Å². The summed E-state index contributed by atoms with van der Waals surface area (Å²) in [5.74, 6) is 1.36. The molecule has 4 heterocycles. The molecule has 2 aliphatic rings. The zero-order valence-electron chi connectivity index (χ0n) is 42.5. The van der Waals surface area contributed by atoms with Crippen LogP contribution in [0.5, 0.6) is 5.75 Å². The molecule has 0 fully saturated rings. The van der Waals surface area contributed by atoms with Gasteiger partial charge in [0.1, 0.15) is 28.6 Å². The third-order valence-corrected chi connectivity index (χ3v) is 16.5. The van der Waals surface area contributed by atoms with Gasteiger partial charge in [-0.3, -0.25) is 0 Å². The van der Waals surface area contributed by atoms with E-state index in [0.717, 1.165) is 116 Å². The number of furan rings is 3. The van der Waals surface area contributed by atoms with E-state index in [1.54, 1.807) is 0 Å². The summed E-state index contributed by atoms with van der Waals surface area (Å²) in [6.45, 7) is 9.28. The van der Waals surface area contributed by atoms with Crippen LogP contribution in [0.3, 0.4) is 0 Å². The molecule has 14 aromatic rings. The molecule has 0 saturated heterocycles. The van der Waals surface area contributed by atoms with E-state index in [9.17, 15) is 0 Å². The van der Waals surface area contributed by atoms with E-state index in [0.29, 0.717) is 0 Å². The normalized spacial score (nSPS) is 15.3.